The molecule has 0 atom stereocenters. The van der Waals surface area contributed by atoms with Crippen LogP contribution in [-0.2, 0) is 63.2 Å². The van der Waals surface area contributed by atoms with E-state index in [4.69, 9.17) is 0 Å². The Morgan fingerprint density at radius 2 is 1.12 bits per heavy atom. The molecule has 2 aliphatic rings. The van der Waals surface area contributed by atoms with Crippen LogP contribution in [-0.4, -0.2) is 41.7 Å². The predicted octanol–water partition coefficient (Wildman–Crippen LogP) is 4.29. The Labute approximate surface area is 202 Å². The summed E-state index contributed by atoms with van der Waals surface area (Å²) < 4.78 is 0. The molecule has 0 amide bonds. The first-order valence-corrected chi connectivity index (χ1v) is 7.69. The monoisotopic (exact) mass is 866 g/mol. The van der Waals surface area contributed by atoms with Crippen molar-refractivity contribution >= 4 is 5.71 Å². The van der Waals surface area contributed by atoms with Gasteiger partial charge < -0.3 is 9.80 Å². The van der Waals surface area contributed by atoms with Gasteiger partial charge in [-0.25, -0.2) is 0 Å². The number of allylic oxidation sites excluding steroid dienone is 4. The van der Waals surface area contributed by atoms with Crippen molar-refractivity contribution < 1.29 is 63.2 Å². The Morgan fingerprint density at radius 1 is 0.654 bits per heavy atom. The van der Waals surface area contributed by atoms with Crippen molar-refractivity contribution in [2.45, 2.75) is 34.6 Å². The van der Waals surface area contributed by atoms with Crippen molar-refractivity contribution in [3.8, 4) is 0 Å². The van der Waals surface area contributed by atoms with Crippen LogP contribution in [0.4, 0.5) is 0 Å². The molecule has 0 aromatic carbocycles. The molecule has 0 N–H and O–H groups in total. The summed E-state index contributed by atoms with van der Waals surface area (Å²) in [5, 5.41) is 6.10. The molecule has 2 rings (SSSR count). The normalized spacial score (nSPS) is 17.0. The fourth-order valence-electron chi connectivity index (χ4n) is 2.38. The summed E-state index contributed by atoms with van der Waals surface area (Å²) in [7, 11) is 5.92. The first kappa shape index (κ1) is 30.6. The zero-order chi connectivity index (χ0) is 18.1. The van der Waals surface area contributed by atoms with Gasteiger partial charge in [-0.3, -0.25) is 5.01 Å². The van der Waals surface area contributed by atoms with Gasteiger partial charge in [-0.05, 0) is 51.3 Å². The van der Waals surface area contributed by atoms with Crippen molar-refractivity contribution in [3.63, 3.8) is 0 Å². The van der Waals surface area contributed by atoms with E-state index in [9.17, 15) is 0 Å². The van der Waals surface area contributed by atoms with E-state index < -0.39 is 0 Å². The van der Waals surface area contributed by atoms with Crippen LogP contribution in [0.15, 0.2) is 64.5 Å². The largest absolute Gasteiger partial charge is 0.335 e. The van der Waals surface area contributed by atoms with Crippen LogP contribution in [0.2, 0.25) is 0 Å². The molecule has 144 valence electrons. The summed E-state index contributed by atoms with van der Waals surface area (Å²) >= 11 is 0. The maximum atomic E-state index is 4.29. The van der Waals surface area contributed by atoms with Crippen molar-refractivity contribution in [1.82, 2.24) is 14.8 Å². The van der Waals surface area contributed by atoms with E-state index in [1.165, 1.54) is 22.4 Å². The van der Waals surface area contributed by atoms with Crippen molar-refractivity contribution in [2.75, 3.05) is 21.1 Å². The molecule has 0 saturated heterocycles. The molecular formula is C19H30N4W3. The summed E-state index contributed by atoms with van der Waals surface area (Å²) in [6.45, 7) is 22.2. The van der Waals surface area contributed by atoms with Crippen LogP contribution in [0, 0.1) is 0 Å². The number of nitrogens with zero attached hydrogens (tertiary/aromatic N) is 4. The van der Waals surface area contributed by atoms with Crippen LogP contribution < -0.4 is 0 Å². The molecule has 7 heteroatoms. The van der Waals surface area contributed by atoms with Crippen LogP contribution in [0.25, 0.3) is 0 Å². The fourth-order valence-corrected chi connectivity index (χ4v) is 2.38. The Bertz CT molecular complexity index is 660. The Hall–Kier alpha value is -0.165. The van der Waals surface area contributed by atoms with Crippen LogP contribution >= 0.6 is 0 Å². The molecule has 0 saturated carbocycles. The van der Waals surface area contributed by atoms with E-state index in [1.54, 1.807) is 0 Å². The quantitative estimate of drug-likeness (QED) is 0.364. The zero-order valence-electron chi connectivity index (χ0n) is 17.1. The van der Waals surface area contributed by atoms with E-state index in [1.807, 2.05) is 38.0 Å². The Morgan fingerprint density at radius 3 is 1.58 bits per heavy atom. The molecule has 4 nitrogen and oxygen atoms in total. The van der Waals surface area contributed by atoms with E-state index in [0.717, 1.165) is 22.9 Å². The Balaban J connectivity index is -0.000000366. The average Bonchev–Trinajstić information content (AvgIpc) is 2.53. The first-order chi connectivity index (χ1) is 10.5. The molecule has 0 aliphatic carbocycles. The summed E-state index contributed by atoms with van der Waals surface area (Å²) in [4.78, 5) is 4.08. The summed E-state index contributed by atoms with van der Waals surface area (Å²) in [5.41, 5.74) is 8.05. The number of rotatable bonds is 0. The van der Waals surface area contributed by atoms with Gasteiger partial charge in [0.1, 0.15) is 5.82 Å². The average molecular weight is 866 g/mol. The zero-order valence-corrected chi connectivity index (χ0v) is 25.9. The molecular weight excluding hydrogens is 836 g/mol. The number of hydrogen-bond donors (Lipinski definition) is 0. The third kappa shape index (κ3) is 6.47. The maximum absolute atomic E-state index is 4.29. The summed E-state index contributed by atoms with van der Waals surface area (Å²) in [6.07, 6.45) is 0. The first-order valence-electron chi connectivity index (χ1n) is 7.69. The second-order valence-corrected chi connectivity index (χ2v) is 6.10. The van der Waals surface area contributed by atoms with Gasteiger partial charge in [0.2, 0.25) is 0 Å². The molecule has 0 bridgehead atoms. The van der Waals surface area contributed by atoms with E-state index >= 15 is 0 Å². The van der Waals surface area contributed by atoms with Gasteiger partial charge in [-0.15, -0.1) is 0 Å². The van der Waals surface area contributed by atoms with Crippen LogP contribution in [0.3, 0.4) is 0 Å². The van der Waals surface area contributed by atoms with Gasteiger partial charge >= 0.3 is 0 Å². The van der Waals surface area contributed by atoms with Gasteiger partial charge in [0, 0.05) is 95.7 Å². The SMILES string of the molecule is C=C1C(C)=C(C)C(C)=NN1C.C=C1C(C)=C(C)N(C)C(=C)N1C.[W].[W].[W]. The Kier molecular flexibility index (Phi) is 14.5. The number of hydrogen-bond acceptors (Lipinski definition) is 4. The molecule has 26 heavy (non-hydrogen) atoms. The van der Waals surface area contributed by atoms with E-state index in [-0.39, 0.29) is 63.2 Å². The maximum Gasteiger partial charge on any atom is 0.105 e. The second kappa shape index (κ2) is 12.3. The smallest absolute Gasteiger partial charge is 0.105 e. The van der Waals surface area contributed by atoms with Gasteiger partial charge in [0.15, 0.2) is 0 Å². The molecule has 2 heterocycles. The standard InChI is InChI=1S/C10H16N2.C9H14N2.3W/c1-7-8(2)11(5)10(4)12(6)9(7)3;1-6-7(2)9(4)11(5)10-8(6)3;;;/h2,4H2,1,3,5-6H3;4H2,1-3,5H3;;;. The van der Waals surface area contributed by atoms with Crippen molar-refractivity contribution in [2.24, 2.45) is 5.10 Å². The van der Waals surface area contributed by atoms with Gasteiger partial charge in [0.25, 0.3) is 0 Å². The molecule has 0 radical (unpaired) electrons. The van der Waals surface area contributed by atoms with Gasteiger partial charge in [0.05, 0.1) is 11.4 Å². The van der Waals surface area contributed by atoms with E-state index in [2.05, 4.69) is 57.4 Å². The predicted molar refractivity (Wildman–Crippen MR) is 101 cm³/mol. The summed E-state index contributed by atoms with van der Waals surface area (Å²) in [6, 6.07) is 0. The third-order valence-corrected chi connectivity index (χ3v) is 4.89. The molecule has 2 aliphatic heterocycles. The van der Waals surface area contributed by atoms with Crippen LogP contribution in [0.5, 0.6) is 0 Å². The fraction of sp³-hybridized carbons (Fsp3) is 0.421. The third-order valence-electron chi connectivity index (χ3n) is 4.89. The second-order valence-electron chi connectivity index (χ2n) is 6.10. The summed E-state index contributed by atoms with van der Waals surface area (Å²) in [5.74, 6) is 0.975. The van der Waals surface area contributed by atoms with E-state index in [0.29, 0.717) is 0 Å². The molecule has 0 aromatic heterocycles. The van der Waals surface area contributed by atoms with Crippen LogP contribution in [0.1, 0.15) is 34.6 Å². The minimum atomic E-state index is 0. The molecule has 0 aromatic rings. The van der Waals surface area contributed by atoms with Crippen molar-refractivity contribution in [1.29, 1.82) is 0 Å². The minimum Gasteiger partial charge on any atom is -0.335 e. The molecule has 0 spiro atoms. The molecule has 0 fully saturated rings. The van der Waals surface area contributed by atoms with Crippen molar-refractivity contribution in [3.05, 3.63) is 59.4 Å². The molecule has 0 unspecified atom stereocenters. The topological polar surface area (TPSA) is 22.1 Å². The van der Waals surface area contributed by atoms with Gasteiger partial charge in [-0.1, -0.05) is 19.7 Å². The number of likely N-dealkylation sites (N-methyl/N-ethyl adjacent to an activating group) is 2. The van der Waals surface area contributed by atoms with Gasteiger partial charge in [-0.2, -0.15) is 5.10 Å². The minimum absolute atomic E-state index is 0. The number of hydrazone groups is 1.